The van der Waals surface area contributed by atoms with Gasteiger partial charge in [-0.3, -0.25) is 4.79 Å². The van der Waals surface area contributed by atoms with Crippen molar-refractivity contribution in [2.75, 3.05) is 11.9 Å². The minimum atomic E-state index is -0.0881. The second-order valence-corrected chi connectivity index (χ2v) is 3.11. The Bertz CT molecular complexity index is 334. The van der Waals surface area contributed by atoms with Crippen molar-refractivity contribution in [3.63, 3.8) is 0 Å². The third-order valence-electron chi connectivity index (χ3n) is 1.75. The van der Waals surface area contributed by atoms with Gasteiger partial charge in [0, 0.05) is 6.92 Å². The molecule has 0 aliphatic carbocycles. The van der Waals surface area contributed by atoms with E-state index in [4.69, 9.17) is 4.74 Å². The molecule has 0 heterocycles. The Morgan fingerprint density at radius 1 is 1.50 bits per heavy atom. The van der Waals surface area contributed by atoms with Crippen molar-refractivity contribution in [1.29, 1.82) is 0 Å². The van der Waals surface area contributed by atoms with E-state index >= 15 is 0 Å². The summed E-state index contributed by atoms with van der Waals surface area (Å²) in [5.41, 5.74) is 1.84. The van der Waals surface area contributed by atoms with Crippen molar-refractivity contribution >= 4 is 11.6 Å². The van der Waals surface area contributed by atoms with Crippen LogP contribution in [0.3, 0.4) is 0 Å². The summed E-state index contributed by atoms with van der Waals surface area (Å²) in [5, 5.41) is 2.72. The predicted molar refractivity (Wildman–Crippen MR) is 56.7 cm³/mol. The molecule has 0 spiro atoms. The van der Waals surface area contributed by atoms with Gasteiger partial charge in [-0.15, -0.1) is 0 Å². The molecule has 0 bridgehead atoms. The maximum Gasteiger partial charge on any atom is 0.221 e. The van der Waals surface area contributed by atoms with E-state index in [2.05, 4.69) is 5.32 Å². The van der Waals surface area contributed by atoms with Crippen LogP contribution in [0.15, 0.2) is 18.2 Å². The molecule has 0 unspecified atom stereocenters. The van der Waals surface area contributed by atoms with Gasteiger partial charge in [0.25, 0.3) is 0 Å². The Balaban J connectivity index is 2.95. The van der Waals surface area contributed by atoms with Crippen molar-refractivity contribution in [2.24, 2.45) is 0 Å². The minimum Gasteiger partial charge on any atom is -0.492 e. The van der Waals surface area contributed by atoms with Crippen molar-refractivity contribution < 1.29 is 9.53 Å². The number of carbonyl (C=O) groups excluding carboxylic acids is 1. The van der Waals surface area contributed by atoms with Crippen LogP contribution in [-0.2, 0) is 4.79 Å². The highest BCUT2D eigenvalue weighted by Crippen LogP contribution is 2.25. The average molecular weight is 193 g/mol. The lowest BCUT2D eigenvalue weighted by Gasteiger charge is -2.10. The zero-order chi connectivity index (χ0) is 10.6. The number of hydrogen-bond donors (Lipinski definition) is 1. The molecule has 0 saturated heterocycles. The molecular weight excluding hydrogens is 178 g/mol. The van der Waals surface area contributed by atoms with Crippen molar-refractivity contribution in [3.05, 3.63) is 23.8 Å². The largest absolute Gasteiger partial charge is 0.492 e. The first-order chi connectivity index (χ1) is 6.63. The van der Waals surface area contributed by atoms with E-state index in [-0.39, 0.29) is 5.91 Å². The molecule has 0 atom stereocenters. The molecule has 3 nitrogen and oxygen atoms in total. The number of amides is 1. The highest BCUT2D eigenvalue weighted by molar-refractivity contribution is 5.90. The predicted octanol–water partition coefficient (Wildman–Crippen LogP) is 2.35. The summed E-state index contributed by atoms with van der Waals surface area (Å²) in [4.78, 5) is 10.9. The molecule has 0 radical (unpaired) electrons. The van der Waals surface area contributed by atoms with E-state index < -0.39 is 0 Å². The SMILES string of the molecule is CCOc1cc(C)ccc1NC(C)=O. The highest BCUT2D eigenvalue weighted by Gasteiger charge is 2.04. The normalized spacial score (nSPS) is 9.64. The minimum absolute atomic E-state index is 0.0881. The number of hydrogen-bond acceptors (Lipinski definition) is 2. The summed E-state index contributed by atoms with van der Waals surface area (Å²) in [6.07, 6.45) is 0. The van der Waals surface area contributed by atoms with Crippen LogP contribution in [-0.4, -0.2) is 12.5 Å². The van der Waals surface area contributed by atoms with Crippen LogP contribution in [0.2, 0.25) is 0 Å². The lowest BCUT2D eigenvalue weighted by molar-refractivity contribution is -0.114. The molecule has 0 aliphatic rings. The number of carbonyl (C=O) groups is 1. The fourth-order valence-corrected chi connectivity index (χ4v) is 1.20. The molecule has 1 N–H and O–H groups in total. The molecule has 1 rings (SSSR count). The molecule has 76 valence electrons. The molecule has 0 aromatic heterocycles. The van der Waals surface area contributed by atoms with Gasteiger partial charge in [-0.1, -0.05) is 6.07 Å². The number of aryl methyl sites for hydroxylation is 1. The maximum absolute atomic E-state index is 10.9. The maximum atomic E-state index is 10.9. The molecule has 0 saturated carbocycles. The van der Waals surface area contributed by atoms with Gasteiger partial charge in [0.1, 0.15) is 5.75 Å². The fraction of sp³-hybridized carbons (Fsp3) is 0.364. The van der Waals surface area contributed by atoms with Gasteiger partial charge >= 0.3 is 0 Å². The smallest absolute Gasteiger partial charge is 0.221 e. The van der Waals surface area contributed by atoms with E-state index in [0.29, 0.717) is 6.61 Å². The van der Waals surface area contributed by atoms with Gasteiger partial charge in [-0.25, -0.2) is 0 Å². The third-order valence-corrected chi connectivity index (χ3v) is 1.75. The van der Waals surface area contributed by atoms with Crippen LogP contribution >= 0.6 is 0 Å². The van der Waals surface area contributed by atoms with Gasteiger partial charge in [-0.05, 0) is 31.5 Å². The van der Waals surface area contributed by atoms with Gasteiger partial charge < -0.3 is 10.1 Å². The number of anilines is 1. The molecule has 14 heavy (non-hydrogen) atoms. The molecule has 1 aromatic carbocycles. The second-order valence-electron chi connectivity index (χ2n) is 3.11. The summed E-state index contributed by atoms with van der Waals surface area (Å²) >= 11 is 0. The zero-order valence-corrected chi connectivity index (χ0v) is 8.76. The van der Waals surface area contributed by atoms with Gasteiger partial charge in [0.15, 0.2) is 0 Å². The van der Waals surface area contributed by atoms with Gasteiger partial charge in [0.05, 0.1) is 12.3 Å². The Hall–Kier alpha value is -1.51. The molecule has 1 aromatic rings. The second kappa shape index (κ2) is 4.65. The summed E-state index contributed by atoms with van der Waals surface area (Å²) in [7, 11) is 0. The zero-order valence-electron chi connectivity index (χ0n) is 8.76. The first kappa shape index (κ1) is 10.6. The lowest BCUT2D eigenvalue weighted by atomic mass is 10.2. The standard InChI is InChI=1S/C11H15NO2/c1-4-14-11-7-8(2)5-6-10(11)12-9(3)13/h5-7H,4H2,1-3H3,(H,12,13). The lowest BCUT2D eigenvalue weighted by Crippen LogP contribution is -2.07. The first-order valence-corrected chi connectivity index (χ1v) is 4.64. The molecule has 1 amide bonds. The van der Waals surface area contributed by atoms with E-state index in [1.807, 2.05) is 32.0 Å². The Labute approximate surface area is 84.1 Å². The molecule has 0 fully saturated rings. The topological polar surface area (TPSA) is 38.3 Å². The summed E-state index contributed by atoms with van der Waals surface area (Å²) < 4.78 is 5.40. The van der Waals surface area contributed by atoms with Crippen LogP contribution in [0, 0.1) is 6.92 Å². The Kier molecular flexibility index (Phi) is 3.51. The summed E-state index contributed by atoms with van der Waals surface area (Å²) in [6.45, 7) is 5.98. The van der Waals surface area contributed by atoms with Crippen LogP contribution < -0.4 is 10.1 Å². The molecule has 0 aliphatic heterocycles. The molecular formula is C11H15NO2. The fourth-order valence-electron chi connectivity index (χ4n) is 1.20. The van der Waals surface area contributed by atoms with E-state index in [1.165, 1.54) is 6.92 Å². The number of benzene rings is 1. The summed E-state index contributed by atoms with van der Waals surface area (Å²) in [5.74, 6) is 0.637. The molecule has 3 heteroatoms. The number of ether oxygens (including phenoxy) is 1. The van der Waals surface area contributed by atoms with Gasteiger partial charge in [-0.2, -0.15) is 0 Å². The number of nitrogens with one attached hydrogen (secondary N) is 1. The Morgan fingerprint density at radius 3 is 2.79 bits per heavy atom. The van der Waals surface area contributed by atoms with E-state index in [1.54, 1.807) is 0 Å². The van der Waals surface area contributed by atoms with Crippen molar-refractivity contribution in [2.45, 2.75) is 20.8 Å². The van der Waals surface area contributed by atoms with E-state index in [9.17, 15) is 4.79 Å². The van der Waals surface area contributed by atoms with Crippen molar-refractivity contribution in [3.8, 4) is 5.75 Å². The van der Waals surface area contributed by atoms with Crippen LogP contribution in [0.1, 0.15) is 19.4 Å². The third kappa shape index (κ3) is 2.76. The summed E-state index contributed by atoms with van der Waals surface area (Å²) in [6, 6.07) is 5.70. The van der Waals surface area contributed by atoms with Gasteiger partial charge in [0.2, 0.25) is 5.91 Å². The van der Waals surface area contributed by atoms with Crippen LogP contribution in [0.25, 0.3) is 0 Å². The van der Waals surface area contributed by atoms with Crippen LogP contribution in [0.4, 0.5) is 5.69 Å². The van der Waals surface area contributed by atoms with Crippen molar-refractivity contribution in [1.82, 2.24) is 0 Å². The quantitative estimate of drug-likeness (QED) is 0.800. The van der Waals surface area contributed by atoms with Crippen LogP contribution in [0.5, 0.6) is 5.75 Å². The monoisotopic (exact) mass is 193 g/mol. The first-order valence-electron chi connectivity index (χ1n) is 4.64. The number of rotatable bonds is 3. The van der Waals surface area contributed by atoms with E-state index in [0.717, 1.165) is 17.0 Å². The Morgan fingerprint density at radius 2 is 2.21 bits per heavy atom. The highest BCUT2D eigenvalue weighted by atomic mass is 16.5. The average Bonchev–Trinajstić information content (AvgIpc) is 2.09.